The van der Waals surface area contributed by atoms with Gasteiger partial charge in [-0.15, -0.1) is 0 Å². The Morgan fingerprint density at radius 3 is 2.53 bits per heavy atom. The molecule has 1 aliphatic heterocycles. The van der Waals surface area contributed by atoms with E-state index in [9.17, 15) is 0 Å². The monoisotopic (exact) mass is 474 g/mol. The standard InChI is InChI=1S/C30H30N6/c1-19-24(10-8-22-9-11-26(34-28(19)22)21-6-3-2-4-7-21)25-17-36(30-27(25)29(31)32-18-33-30)23-14-20(15-23)16-35-12-5-13-35/h2-4,6-11,17-18,20,23H,5,12-16H2,1H3,(H2,31,32,33). The van der Waals surface area contributed by atoms with Gasteiger partial charge in [-0.2, -0.15) is 0 Å². The predicted molar refractivity (Wildman–Crippen MR) is 146 cm³/mol. The summed E-state index contributed by atoms with van der Waals surface area (Å²) in [7, 11) is 0. The lowest BCUT2D eigenvalue weighted by Gasteiger charge is -2.42. The molecule has 0 unspecified atom stereocenters. The van der Waals surface area contributed by atoms with E-state index in [4.69, 9.17) is 15.7 Å². The molecule has 2 aromatic carbocycles. The summed E-state index contributed by atoms with van der Waals surface area (Å²) >= 11 is 0. The van der Waals surface area contributed by atoms with Crippen molar-refractivity contribution >= 4 is 27.8 Å². The Bertz CT molecular complexity index is 1580. The molecule has 2 fully saturated rings. The van der Waals surface area contributed by atoms with Crippen molar-refractivity contribution in [1.82, 2.24) is 24.4 Å². The summed E-state index contributed by atoms with van der Waals surface area (Å²) in [5, 5.41) is 2.09. The molecule has 6 nitrogen and oxygen atoms in total. The molecule has 6 heteroatoms. The molecule has 180 valence electrons. The molecule has 2 aliphatic rings. The van der Waals surface area contributed by atoms with E-state index in [2.05, 4.69) is 76.1 Å². The summed E-state index contributed by atoms with van der Waals surface area (Å²) < 4.78 is 2.35. The zero-order valence-electron chi connectivity index (χ0n) is 20.6. The summed E-state index contributed by atoms with van der Waals surface area (Å²) in [5.74, 6) is 1.31. The summed E-state index contributed by atoms with van der Waals surface area (Å²) in [4.78, 5) is 16.7. The number of nitrogens with zero attached hydrogens (tertiary/aromatic N) is 5. The zero-order valence-corrected chi connectivity index (χ0v) is 20.6. The Kier molecular flexibility index (Phi) is 5.03. The molecule has 5 aromatic rings. The Balaban J connectivity index is 1.31. The smallest absolute Gasteiger partial charge is 0.146 e. The number of hydrogen-bond acceptors (Lipinski definition) is 5. The number of aromatic nitrogens is 4. The number of benzene rings is 2. The average molecular weight is 475 g/mol. The molecule has 2 N–H and O–H groups in total. The Hall–Kier alpha value is -3.77. The summed E-state index contributed by atoms with van der Waals surface area (Å²) in [6.45, 7) is 5.93. The van der Waals surface area contributed by atoms with Gasteiger partial charge in [-0.05, 0) is 62.4 Å². The zero-order chi connectivity index (χ0) is 24.2. The molecular weight excluding hydrogens is 444 g/mol. The maximum Gasteiger partial charge on any atom is 0.146 e. The van der Waals surface area contributed by atoms with E-state index in [1.54, 1.807) is 6.33 Å². The molecule has 1 saturated carbocycles. The number of hydrogen-bond donors (Lipinski definition) is 1. The van der Waals surface area contributed by atoms with Gasteiger partial charge in [0.25, 0.3) is 0 Å². The first kappa shape index (κ1) is 21.5. The van der Waals surface area contributed by atoms with Crippen LogP contribution in [0.5, 0.6) is 0 Å². The lowest BCUT2D eigenvalue weighted by Crippen LogP contribution is -2.43. The van der Waals surface area contributed by atoms with Gasteiger partial charge in [0.1, 0.15) is 17.8 Å². The molecular formula is C30H30N6. The van der Waals surface area contributed by atoms with Crippen molar-refractivity contribution in [2.45, 2.75) is 32.2 Å². The molecule has 4 heterocycles. The molecule has 3 aromatic heterocycles. The molecule has 0 bridgehead atoms. The highest BCUT2D eigenvalue weighted by molar-refractivity contribution is 6.03. The first-order valence-corrected chi connectivity index (χ1v) is 13.0. The largest absolute Gasteiger partial charge is 0.383 e. The number of pyridine rings is 1. The lowest BCUT2D eigenvalue weighted by molar-refractivity contribution is 0.0921. The quantitative estimate of drug-likeness (QED) is 0.345. The number of nitrogens with two attached hydrogens (primary N) is 1. The second-order valence-corrected chi connectivity index (χ2v) is 10.4. The van der Waals surface area contributed by atoms with Crippen LogP contribution in [0.1, 0.15) is 30.9 Å². The van der Waals surface area contributed by atoms with Crippen molar-refractivity contribution in [1.29, 1.82) is 0 Å². The van der Waals surface area contributed by atoms with E-state index in [0.29, 0.717) is 11.9 Å². The highest BCUT2D eigenvalue weighted by atomic mass is 15.2. The normalized spacial score (nSPS) is 19.9. The molecule has 0 amide bonds. The van der Waals surface area contributed by atoms with Crippen LogP contribution in [0.2, 0.25) is 0 Å². The van der Waals surface area contributed by atoms with E-state index < -0.39 is 0 Å². The number of likely N-dealkylation sites (tertiary alicyclic amines) is 1. The van der Waals surface area contributed by atoms with Crippen molar-refractivity contribution in [3.63, 3.8) is 0 Å². The van der Waals surface area contributed by atoms with Crippen LogP contribution in [-0.4, -0.2) is 44.1 Å². The molecule has 1 aliphatic carbocycles. The summed E-state index contributed by atoms with van der Waals surface area (Å²) in [6, 6.07) is 19.4. The number of rotatable bonds is 5. The molecule has 0 atom stereocenters. The van der Waals surface area contributed by atoms with Crippen LogP contribution in [0, 0.1) is 12.8 Å². The van der Waals surface area contributed by atoms with E-state index in [1.165, 1.54) is 38.9 Å². The van der Waals surface area contributed by atoms with Gasteiger partial charge in [-0.25, -0.2) is 15.0 Å². The van der Waals surface area contributed by atoms with Crippen LogP contribution in [0.3, 0.4) is 0 Å². The van der Waals surface area contributed by atoms with Gasteiger partial charge >= 0.3 is 0 Å². The van der Waals surface area contributed by atoms with Gasteiger partial charge in [-0.1, -0.05) is 48.5 Å². The SMILES string of the molecule is Cc1c(-c2cn(C3CC(CN4CCC4)C3)c3ncnc(N)c23)ccc2ccc(-c3ccccc3)nc12. The molecule has 1 saturated heterocycles. The number of fused-ring (bicyclic) bond motifs is 2. The third-order valence-corrected chi connectivity index (χ3v) is 8.18. The maximum atomic E-state index is 6.46. The van der Waals surface area contributed by atoms with Gasteiger partial charge < -0.3 is 15.2 Å². The number of aryl methyl sites for hydroxylation is 1. The van der Waals surface area contributed by atoms with E-state index in [0.717, 1.165) is 55.8 Å². The van der Waals surface area contributed by atoms with Crippen LogP contribution in [0.15, 0.2) is 67.1 Å². The maximum absolute atomic E-state index is 6.46. The van der Waals surface area contributed by atoms with Crippen LogP contribution >= 0.6 is 0 Å². The molecule has 0 spiro atoms. The Labute approximate surface area is 210 Å². The number of anilines is 1. The van der Waals surface area contributed by atoms with Crippen molar-refractivity contribution in [3.8, 4) is 22.4 Å². The Morgan fingerprint density at radius 1 is 0.944 bits per heavy atom. The molecule has 7 rings (SSSR count). The average Bonchev–Trinajstić information content (AvgIpc) is 3.23. The lowest BCUT2D eigenvalue weighted by atomic mass is 9.79. The molecule has 0 radical (unpaired) electrons. The highest BCUT2D eigenvalue weighted by Gasteiger charge is 2.34. The second kappa shape index (κ2) is 8.42. The van der Waals surface area contributed by atoms with Crippen LogP contribution in [0.4, 0.5) is 5.82 Å². The topological polar surface area (TPSA) is 72.9 Å². The van der Waals surface area contributed by atoms with Crippen molar-refractivity contribution in [2.75, 3.05) is 25.4 Å². The fourth-order valence-electron chi connectivity index (χ4n) is 5.99. The first-order valence-electron chi connectivity index (χ1n) is 13.0. The van der Waals surface area contributed by atoms with Crippen LogP contribution in [-0.2, 0) is 0 Å². The van der Waals surface area contributed by atoms with Gasteiger partial charge in [0.2, 0.25) is 0 Å². The van der Waals surface area contributed by atoms with Crippen LogP contribution in [0.25, 0.3) is 44.3 Å². The third kappa shape index (κ3) is 3.47. The van der Waals surface area contributed by atoms with Gasteiger partial charge in [-0.3, -0.25) is 0 Å². The third-order valence-electron chi connectivity index (χ3n) is 8.18. The Morgan fingerprint density at radius 2 is 1.75 bits per heavy atom. The summed E-state index contributed by atoms with van der Waals surface area (Å²) in [6.07, 6.45) is 7.60. The fourth-order valence-corrected chi connectivity index (χ4v) is 5.99. The van der Waals surface area contributed by atoms with E-state index >= 15 is 0 Å². The van der Waals surface area contributed by atoms with Crippen LogP contribution < -0.4 is 5.73 Å². The minimum atomic E-state index is 0.463. The predicted octanol–water partition coefficient (Wildman–Crippen LogP) is 5.86. The first-order chi connectivity index (χ1) is 17.7. The van der Waals surface area contributed by atoms with Gasteiger partial charge in [0.05, 0.1) is 16.6 Å². The minimum Gasteiger partial charge on any atom is -0.383 e. The summed E-state index contributed by atoms with van der Waals surface area (Å²) in [5.41, 5.74) is 13.9. The van der Waals surface area contributed by atoms with Crippen molar-refractivity contribution in [3.05, 3.63) is 72.7 Å². The van der Waals surface area contributed by atoms with Crippen molar-refractivity contribution in [2.24, 2.45) is 5.92 Å². The number of nitrogen functional groups attached to an aromatic ring is 1. The van der Waals surface area contributed by atoms with Crippen molar-refractivity contribution < 1.29 is 0 Å². The van der Waals surface area contributed by atoms with Gasteiger partial charge in [0, 0.05) is 35.3 Å². The second-order valence-electron chi connectivity index (χ2n) is 10.4. The highest BCUT2D eigenvalue weighted by Crippen LogP contribution is 2.44. The molecule has 36 heavy (non-hydrogen) atoms. The van der Waals surface area contributed by atoms with Gasteiger partial charge in [0.15, 0.2) is 0 Å². The minimum absolute atomic E-state index is 0.463. The van der Waals surface area contributed by atoms with E-state index in [1.807, 2.05) is 6.07 Å². The fraction of sp³-hybridized carbons (Fsp3) is 0.300. The van der Waals surface area contributed by atoms with E-state index in [-0.39, 0.29) is 0 Å².